The molecule has 0 aliphatic carbocycles. The van der Waals surface area contributed by atoms with E-state index in [-0.39, 0.29) is 5.91 Å². The number of benzene rings is 1. The van der Waals surface area contributed by atoms with Gasteiger partial charge < -0.3 is 10.1 Å². The predicted molar refractivity (Wildman–Crippen MR) is 96.5 cm³/mol. The summed E-state index contributed by atoms with van der Waals surface area (Å²) in [7, 11) is 0. The number of halogens is 1. The number of amides is 1. The lowest BCUT2D eigenvalue weighted by molar-refractivity contribution is 0.0935. The monoisotopic (exact) mass is 394 g/mol. The number of rotatable bonds is 9. The van der Waals surface area contributed by atoms with E-state index in [9.17, 15) is 4.79 Å². The Kier molecular flexibility index (Phi) is 7.39. The molecule has 7 heteroatoms. The van der Waals surface area contributed by atoms with Crippen LogP contribution in [0.25, 0.3) is 5.69 Å². The van der Waals surface area contributed by atoms with E-state index in [0.717, 1.165) is 36.0 Å². The Balaban J connectivity index is 1.87. The fraction of sp³-hybridized carbons (Fsp3) is 0.471. The van der Waals surface area contributed by atoms with Gasteiger partial charge in [0.05, 0.1) is 11.4 Å². The highest BCUT2D eigenvalue weighted by molar-refractivity contribution is 9.10. The highest BCUT2D eigenvalue weighted by atomic mass is 79.9. The summed E-state index contributed by atoms with van der Waals surface area (Å²) < 4.78 is 8.08. The molecule has 0 aliphatic heterocycles. The van der Waals surface area contributed by atoms with Crippen molar-refractivity contribution in [3.63, 3.8) is 0 Å². The Labute approximate surface area is 150 Å². The lowest BCUT2D eigenvalue weighted by Gasteiger charge is -2.06. The molecule has 0 aliphatic rings. The lowest BCUT2D eigenvalue weighted by atomic mass is 10.3. The van der Waals surface area contributed by atoms with E-state index in [1.54, 1.807) is 4.68 Å². The zero-order chi connectivity index (χ0) is 17.4. The minimum absolute atomic E-state index is 0.206. The Morgan fingerprint density at radius 1 is 1.33 bits per heavy atom. The maximum atomic E-state index is 12.2. The van der Waals surface area contributed by atoms with Gasteiger partial charge in [0.2, 0.25) is 0 Å². The molecule has 0 saturated heterocycles. The number of nitrogens with zero attached hydrogens (tertiary/aromatic N) is 3. The zero-order valence-corrected chi connectivity index (χ0v) is 15.7. The first kappa shape index (κ1) is 18.6. The summed E-state index contributed by atoms with van der Waals surface area (Å²) in [5, 5.41) is 11.0. The molecule has 130 valence electrons. The van der Waals surface area contributed by atoms with E-state index in [1.165, 1.54) is 0 Å². The number of hydrogen-bond donors (Lipinski definition) is 1. The highest BCUT2D eigenvalue weighted by Gasteiger charge is 2.16. The van der Waals surface area contributed by atoms with Crippen LogP contribution in [0.3, 0.4) is 0 Å². The number of carbonyl (C=O) groups is 1. The minimum Gasteiger partial charge on any atom is -0.381 e. The van der Waals surface area contributed by atoms with Crippen LogP contribution in [0, 0.1) is 6.92 Å². The molecular formula is C17H23BrN4O2. The molecule has 6 nitrogen and oxygen atoms in total. The second-order valence-corrected chi connectivity index (χ2v) is 6.41. The van der Waals surface area contributed by atoms with Gasteiger partial charge in [0.15, 0.2) is 5.69 Å². The maximum absolute atomic E-state index is 12.2. The number of carbonyl (C=O) groups excluding carboxylic acids is 1. The third kappa shape index (κ3) is 5.14. The normalized spacial score (nSPS) is 10.8. The van der Waals surface area contributed by atoms with Crippen molar-refractivity contribution < 1.29 is 9.53 Å². The molecule has 1 N–H and O–H groups in total. The lowest BCUT2D eigenvalue weighted by Crippen LogP contribution is -2.26. The molecule has 2 aromatic rings. The number of hydrogen-bond acceptors (Lipinski definition) is 4. The quantitative estimate of drug-likeness (QED) is 0.662. The van der Waals surface area contributed by atoms with Crippen molar-refractivity contribution >= 4 is 21.8 Å². The molecule has 1 amide bonds. The van der Waals surface area contributed by atoms with Crippen molar-refractivity contribution in [2.75, 3.05) is 19.8 Å². The second-order valence-electron chi connectivity index (χ2n) is 5.49. The molecule has 1 aromatic carbocycles. The van der Waals surface area contributed by atoms with Crippen molar-refractivity contribution in [3.05, 3.63) is 40.1 Å². The minimum atomic E-state index is -0.206. The van der Waals surface area contributed by atoms with Crippen LogP contribution in [0.5, 0.6) is 0 Å². The summed E-state index contributed by atoms with van der Waals surface area (Å²) in [5.74, 6) is -0.206. The van der Waals surface area contributed by atoms with Crippen LogP contribution in [0.1, 0.15) is 42.4 Å². The van der Waals surface area contributed by atoms with E-state index in [0.29, 0.717) is 24.5 Å². The van der Waals surface area contributed by atoms with Crippen LogP contribution in [0.2, 0.25) is 0 Å². The number of aromatic nitrogens is 3. The Hall–Kier alpha value is -1.73. The number of unbranched alkanes of at least 4 members (excludes halogenated alkanes) is 1. The largest absolute Gasteiger partial charge is 0.381 e. The molecule has 0 unspecified atom stereocenters. The molecule has 0 saturated carbocycles. The third-order valence-corrected chi connectivity index (χ3v) is 4.05. The van der Waals surface area contributed by atoms with Crippen LogP contribution in [-0.2, 0) is 4.74 Å². The molecule has 0 bridgehead atoms. The van der Waals surface area contributed by atoms with Gasteiger partial charge in [-0.05, 0) is 38.0 Å². The molecule has 1 aromatic heterocycles. The Morgan fingerprint density at radius 3 is 2.88 bits per heavy atom. The summed E-state index contributed by atoms with van der Waals surface area (Å²) in [5.41, 5.74) is 1.92. The van der Waals surface area contributed by atoms with E-state index in [2.05, 4.69) is 38.5 Å². The van der Waals surface area contributed by atoms with Crippen molar-refractivity contribution in [2.45, 2.75) is 33.1 Å². The Bertz CT molecular complexity index is 672. The van der Waals surface area contributed by atoms with Gasteiger partial charge in [-0.25, -0.2) is 4.68 Å². The first-order valence-electron chi connectivity index (χ1n) is 8.17. The van der Waals surface area contributed by atoms with Gasteiger partial charge in [0.1, 0.15) is 0 Å². The van der Waals surface area contributed by atoms with Gasteiger partial charge >= 0.3 is 0 Å². The van der Waals surface area contributed by atoms with E-state index >= 15 is 0 Å². The fourth-order valence-electron chi connectivity index (χ4n) is 2.20. The predicted octanol–water partition coefficient (Wildman–Crippen LogP) is 3.27. The van der Waals surface area contributed by atoms with Crippen molar-refractivity contribution in [2.24, 2.45) is 0 Å². The summed E-state index contributed by atoms with van der Waals surface area (Å²) >= 11 is 3.43. The zero-order valence-electron chi connectivity index (χ0n) is 14.1. The van der Waals surface area contributed by atoms with Gasteiger partial charge in [-0.2, -0.15) is 0 Å². The molecule has 2 rings (SSSR count). The molecular weight excluding hydrogens is 372 g/mol. The van der Waals surface area contributed by atoms with Crippen molar-refractivity contribution in [1.29, 1.82) is 0 Å². The van der Waals surface area contributed by atoms with E-state index in [4.69, 9.17) is 4.74 Å². The molecule has 24 heavy (non-hydrogen) atoms. The van der Waals surface area contributed by atoms with E-state index in [1.807, 2.05) is 31.2 Å². The molecule has 0 atom stereocenters. The van der Waals surface area contributed by atoms with Crippen molar-refractivity contribution in [3.8, 4) is 5.69 Å². The van der Waals surface area contributed by atoms with Gasteiger partial charge in [-0.1, -0.05) is 40.6 Å². The van der Waals surface area contributed by atoms with Crippen LogP contribution < -0.4 is 5.32 Å². The summed E-state index contributed by atoms with van der Waals surface area (Å²) in [6, 6.07) is 7.70. The van der Waals surface area contributed by atoms with Gasteiger partial charge in [0, 0.05) is 24.2 Å². The standard InChI is InChI=1S/C17H23BrN4O2/c1-3-4-10-24-11-6-9-19-17(23)16-13(2)22(21-20-16)15-8-5-7-14(18)12-15/h5,7-8,12H,3-4,6,9-11H2,1-2H3,(H,19,23). The molecule has 0 fully saturated rings. The van der Waals surface area contributed by atoms with Crippen LogP contribution in [0.15, 0.2) is 28.7 Å². The third-order valence-electron chi connectivity index (χ3n) is 3.56. The topological polar surface area (TPSA) is 69.0 Å². The first-order chi connectivity index (χ1) is 11.6. The first-order valence-corrected chi connectivity index (χ1v) is 8.97. The maximum Gasteiger partial charge on any atom is 0.273 e. The highest BCUT2D eigenvalue weighted by Crippen LogP contribution is 2.17. The average Bonchev–Trinajstić information content (AvgIpc) is 2.95. The number of ether oxygens (including phenoxy) is 1. The second kappa shape index (κ2) is 9.54. The fourth-order valence-corrected chi connectivity index (χ4v) is 2.59. The molecule has 0 spiro atoms. The van der Waals surface area contributed by atoms with Crippen LogP contribution in [-0.4, -0.2) is 40.7 Å². The summed E-state index contributed by atoms with van der Waals surface area (Å²) in [6.45, 7) is 5.97. The van der Waals surface area contributed by atoms with Crippen molar-refractivity contribution in [1.82, 2.24) is 20.3 Å². The van der Waals surface area contributed by atoms with Gasteiger partial charge in [-0.3, -0.25) is 4.79 Å². The molecule has 0 radical (unpaired) electrons. The SMILES string of the molecule is CCCCOCCCNC(=O)c1nnn(-c2cccc(Br)c2)c1C. The average molecular weight is 395 g/mol. The number of nitrogens with one attached hydrogen (secondary N) is 1. The summed E-state index contributed by atoms with van der Waals surface area (Å²) in [6.07, 6.45) is 2.99. The molecule has 1 heterocycles. The van der Waals surface area contributed by atoms with Gasteiger partial charge in [0.25, 0.3) is 5.91 Å². The van der Waals surface area contributed by atoms with E-state index < -0.39 is 0 Å². The van der Waals surface area contributed by atoms with Crippen LogP contribution in [0.4, 0.5) is 0 Å². The van der Waals surface area contributed by atoms with Crippen LogP contribution >= 0.6 is 15.9 Å². The smallest absolute Gasteiger partial charge is 0.273 e. The Morgan fingerprint density at radius 2 is 2.12 bits per heavy atom. The summed E-state index contributed by atoms with van der Waals surface area (Å²) in [4.78, 5) is 12.2. The van der Waals surface area contributed by atoms with Gasteiger partial charge in [-0.15, -0.1) is 5.10 Å².